The van der Waals surface area contributed by atoms with Crippen molar-refractivity contribution >= 4 is 5.69 Å². The molecule has 3 heteroatoms. The zero-order chi connectivity index (χ0) is 12.1. The van der Waals surface area contributed by atoms with Gasteiger partial charge in [-0.3, -0.25) is 4.98 Å². The van der Waals surface area contributed by atoms with E-state index in [2.05, 4.69) is 16.4 Å². The van der Waals surface area contributed by atoms with Gasteiger partial charge in [0.25, 0.3) is 0 Å². The van der Waals surface area contributed by atoms with E-state index in [1.807, 2.05) is 37.3 Å². The Balaban J connectivity index is 2.10. The maximum atomic E-state index is 9.22. The van der Waals surface area contributed by atoms with Gasteiger partial charge in [-0.05, 0) is 24.6 Å². The second-order valence-electron chi connectivity index (χ2n) is 3.92. The average Bonchev–Trinajstić information content (AvgIpc) is 2.38. The van der Waals surface area contributed by atoms with Crippen molar-refractivity contribution in [2.75, 3.05) is 5.32 Å². The molecule has 88 valence electrons. The van der Waals surface area contributed by atoms with Crippen molar-refractivity contribution in [3.05, 3.63) is 59.4 Å². The fraction of sp³-hybridized carbons (Fsp3) is 0.214. The molecule has 0 radical (unpaired) electrons. The molecular formula is C14H16N2O. The van der Waals surface area contributed by atoms with Crippen LogP contribution in [0.3, 0.4) is 0 Å². The van der Waals surface area contributed by atoms with E-state index >= 15 is 0 Å². The molecule has 1 aromatic carbocycles. The van der Waals surface area contributed by atoms with Gasteiger partial charge in [0.1, 0.15) is 0 Å². The molecule has 0 aliphatic rings. The minimum atomic E-state index is 0.0508. The van der Waals surface area contributed by atoms with Gasteiger partial charge in [0.15, 0.2) is 0 Å². The molecule has 0 atom stereocenters. The van der Waals surface area contributed by atoms with Gasteiger partial charge in [-0.25, -0.2) is 0 Å². The topological polar surface area (TPSA) is 45.2 Å². The highest BCUT2D eigenvalue weighted by atomic mass is 16.3. The number of anilines is 1. The first-order valence-corrected chi connectivity index (χ1v) is 5.64. The van der Waals surface area contributed by atoms with E-state index in [0.717, 1.165) is 23.5 Å². The van der Waals surface area contributed by atoms with Crippen LogP contribution < -0.4 is 5.32 Å². The molecule has 0 amide bonds. The molecular weight excluding hydrogens is 212 g/mol. The molecule has 2 N–H and O–H groups in total. The van der Waals surface area contributed by atoms with Crippen LogP contribution in [-0.2, 0) is 13.2 Å². The predicted molar refractivity (Wildman–Crippen MR) is 68.7 cm³/mol. The van der Waals surface area contributed by atoms with Gasteiger partial charge in [0, 0.05) is 29.7 Å². The first-order chi connectivity index (χ1) is 8.31. The van der Waals surface area contributed by atoms with E-state index in [0.29, 0.717) is 0 Å². The van der Waals surface area contributed by atoms with Crippen molar-refractivity contribution in [2.45, 2.75) is 20.1 Å². The van der Waals surface area contributed by atoms with Crippen LogP contribution in [0.25, 0.3) is 0 Å². The largest absolute Gasteiger partial charge is 0.392 e. The Morgan fingerprint density at radius 3 is 2.65 bits per heavy atom. The number of nitrogens with one attached hydrogen (secondary N) is 1. The molecule has 0 aliphatic heterocycles. The summed E-state index contributed by atoms with van der Waals surface area (Å²) >= 11 is 0. The maximum Gasteiger partial charge on any atom is 0.0701 e. The molecule has 0 bridgehead atoms. The molecule has 0 spiro atoms. The van der Waals surface area contributed by atoms with E-state index in [4.69, 9.17) is 0 Å². The molecule has 0 aliphatic carbocycles. The lowest BCUT2D eigenvalue weighted by molar-refractivity contribution is 0.282. The summed E-state index contributed by atoms with van der Waals surface area (Å²) in [6.45, 7) is 2.76. The van der Waals surface area contributed by atoms with E-state index < -0.39 is 0 Å². The molecule has 0 saturated heterocycles. The van der Waals surface area contributed by atoms with Gasteiger partial charge in [0.05, 0.1) is 6.61 Å². The van der Waals surface area contributed by atoms with Gasteiger partial charge in [-0.1, -0.05) is 24.3 Å². The maximum absolute atomic E-state index is 9.22. The molecule has 17 heavy (non-hydrogen) atoms. The Labute approximate surface area is 101 Å². The van der Waals surface area contributed by atoms with Crippen LogP contribution in [0.4, 0.5) is 5.69 Å². The van der Waals surface area contributed by atoms with Crippen molar-refractivity contribution in [3.63, 3.8) is 0 Å². The first kappa shape index (κ1) is 11.6. The Morgan fingerprint density at radius 2 is 1.88 bits per heavy atom. The monoisotopic (exact) mass is 228 g/mol. The molecule has 3 nitrogen and oxygen atoms in total. The number of aliphatic hydroxyl groups is 1. The number of benzene rings is 1. The lowest BCUT2D eigenvalue weighted by Crippen LogP contribution is -2.04. The van der Waals surface area contributed by atoms with Crippen LogP contribution in [0, 0.1) is 6.92 Å². The SMILES string of the molecule is Cc1ncccc1CNc1ccccc1CO. The summed E-state index contributed by atoms with van der Waals surface area (Å²) in [5.74, 6) is 0. The average molecular weight is 228 g/mol. The Morgan fingerprint density at radius 1 is 1.12 bits per heavy atom. The number of para-hydroxylation sites is 1. The molecule has 1 aromatic heterocycles. The highest BCUT2D eigenvalue weighted by molar-refractivity contribution is 5.51. The minimum Gasteiger partial charge on any atom is -0.392 e. The predicted octanol–water partition coefficient (Wildman–Crippen LogP) is 2.49. The van der Waals surface area contributed by atoms with Gasteiger partial charge in [-0.2, -0.15) is 0 Å². The van der Waals surface area contributed by atoms with E-state index in [9.17, 15) is 5.11 Å². The molecule has 0 fully saturated rings. The summed E-state index contributed by atoms with van der Waals surface area (Å²) in [6, 6.07) is 11.7. The van der Waals surface area contributed by atoms with Crippen LogP contribution in [-0.4, -0.2) is 10.1 Å². The van der Waals surface area contributed by atoms with E-state index in [-0.39, 0.29) is 6.61 Å². The quantitative estimate of drug-likeness (QED) is 0.845. The van der Waals surface area contributed by atoms with E-state index in [1.54, 1.807) is 6.20 Å². The van der Waals surface area contributed by atoms with Crippen molar-refractivity contribution in [1.29, 1.82) is 0 Å². The molecule has 2 rings (SSSR count). The van der Waals surface area contributed by atoms with Crippen LogP contribution in [0.1, 0.15) is 16.8 Å². The third-order valence-electron chi connectivity index (χ3n) is 2.77. The van der Waals surface area contributed by atoms with Gasteiger partial charge < -0.3 is 10.4 Å². The minimum absolute atomic E-state index is 0.0508. The molecule has 0 saturated carbocycles. The normalized spacial score (nSPS) is 10.2. The summed E-state index contributed by atoms with van der Waals surface area (Å²) < 4.78 is 0. The fourth-order valence-corrected chi connectivity index (χ4v) is 1.73. The van der Waals surface area contributed by atoms with Crippen molar-refractivity contribution in [1.82, 2.24) is 4.98 Å². The van der Waals surface area contributed by atoms with Gasteiger partial charge in [-0.15, -0.1) is 0 Å². The van der Waals surface area contributed by atoms with Crippen LogP contribution >= 0.6 is 0 Å². The summed E-state index contributed by atoms with van der Waals surface area (Å²) in [6.07, 6.45) is 1.79. The number of rotatable bonds is 4. The zero-order valence-corrected chi connectivity index (χ0v) is 9.85. The number of hydrogen-bond donors (Lipinski definition) is 2. The number of pyridine rings is 1. The Kier molecular flexibility index (Phi) is 3.73. The lowest BCUT2D eigenvalue weighted by Gasteiger charge is -2.11. The molecule has 1 heterocycles. The third-order valence-corrected chi connectivity index (χ3v) is 2.77. The number of aliphatic hydroxyl groups excluding tert-OH is 1. The summed E-state index contributed by atoms with van der Waals surface area (Å²) in [5.41, 5.74) is 4.08. The fourth-order valence-electron chi connectivity index (χ4n) is 1.73. The summed E-state index contributed by atoms with van der Waals surface area (Å²) in [5, 5.41) is 12.5. The standard InChI is InChI=1S/C14H16N2O/c1-11-12(6-4-8-15-11)9-16-14-7-3-2-5-13(14)10-17/h2-8,16-17H,9-10H2,1H3. The first-order valence-electron chi connectivity index (χ1n) is 5.64. The Bertz CT molecular complexity index is 497. The van der Waals surface area contributed by atoms with Gasteiger partial charge >= 0.3 is 0 Å². The molecule has 2 aromatic rings. The van der Waals surface area contributed by atoms with Crippen molar-refractivity contribution < 1.29 is 5.11 Å². The highest BCUT2D eigenvalue weighted by Crippen LogP contribution is 2.16. The number of aromatic nitrogens is 1. The number of hydrogen-bond acceptors (Lipinski definition) is 3. The van der Waals surface area contributed by atoms with Crippen LogP contribution in [0.2, 0.25) is 0 Å². The number of aryl methyl sites for hydroxylation is 1. The smallest absolute Gasteiger partial charge is 0.0701 e. The summed E-state index contributed by atoms with van der Waals surface area (Å²) in [7, 11) is 0. The lowest BCUT2D eigenvalue weighted by atomic mass is 10.1. The zero-order valence-electron chi connectivity index (χ0n) is 9.85. The second-order valence-corrected chi connectivity index (χ2v) is 3.92. The van der Waals surface area contributed by atoms with Crippen LogP contribution in [0.5, 0.6) is 0 Å². The van der Waals surface area contributed by atoms with Crippen LogP contribution in [0.15, 0.2) is 42.6 Å². The third kappa shape index (κ3) is 2.82. The number of nitrogens with zero attached hydrogens (tertiary/aromatic N) is 1. The molecule has 0 unspecified atom stereocenters. The van der Waals surface area contributed by atoms with E-state index in [1.165, 1.54) is 5.56 Å². The van der Waals surface area contributed by atoms with Crippen molar-refractivity contribution in [3.8, 4) is 0 Å². The summed E-state index contributed by atoms with van der Waals surface area (Å²) in [4.78, 5) is 4.24. The highest BCUT2D eigenvalue weighted by Gasteiger charge is 2.01. The Hall–Kier alpha value is -1.87. The second kappa shape index (κ2) is 5.46. The van der Waals surface area contributed by atoms with Gasteiger partial charge in [0.2, 0.25) is 0 Å². The van der Waals surface area contributed by atoms with Crippen molar-refractivity contribution in [2.24, 2.45) is 0 Å².